The Kier molecular flexibility index (Phi) is 5.25. The topological polar surface area (TPSA) is 24.5 Å². The Balaban J connectivity index is 1.72. The van der Waals surface area contributed by atoms with Crippen molar-refractivity contribution in [2.45, 2.75) is 13.3 Å². The highest BCUT2D eigenvalue weighted by molar-refractivity contribution is 9.10. The predicted octanol–water partition coefficient (Wildman–Crippen LogP) is 2.76. The predicted molar refractivity (Wildman–Crippen MR) is 82.7 cm³/mol. The summed E-state index contributed by atoms with van der Waals surface area (Å²) in [5, 5.41) is 3.30. The van der Waals surface area contributed by atoms with Gasteiger partial charge in [-0.05, 0) is 43.6 Å². The standard InChI is InChI=1S/C15H23BrN2O/c1-15(11-17-2)6-7-18(12-15)8-9-19-14-5-3-4-13(16)10-14/h3-5,10,17H,6-9,11-12H2,1-2H3. The summed E-state index contributed by atoms with van der Waals surface area (Å²) in [5.41, 5.74) is 0.421. The van der Waals surface area contributed by atoms with Gasteiger partial charge < -0.3 is 10.1 Å². The first kappa shape index (κ1) is 14.8. The molecule has 106 valence electrons. The molecule has 1 atom stereocenters. The van der Waals surface area contributed by atoms with Gasteiger partial charge in [0, 0.05) is 24.1 Å². The summed E-state index contributed by atoms with van der Waals surface area (Å²) in [7, 11) is 2.03. The van der Waals surface area contributed by atoms with Gasteiger partial charge >= 0.3 is 0 Å². The molecule has 2 rings (SSSR count). The van der Waals surface area contributed by atoms with Gasteiger partial charge in [0.15, 0.2) is 0 Å². The molecule has 0 aliphatic carbocycles. The molecule has 0 amide bonds. The van der Waals surface area contributed by atoms with Gasteiger partial charge in [-0.3, -0.25) is 4.90 Å². The maximum Gasteiger partial charge on any atom is 0.120 e. The molecule has 0 saturated carbocycles. The van der Waals surface area contributed by atoms with Crippen molar-refractivity contribution < 1.29 is 4.74 Å². The van der Waals surface area contributed by atoms with E-state index >= 15 is 0 Å². The van der Waals surface area contributed by atoms with Crippen LogP contribution in [0.15, 0.2) is 28.7 Å². The molecule has 1 aliphatic heterocycles. The van der Waals surface area contributed by atoms with Crippen molar-refractivity contribution in [3.63, 3.8) is 0 Å². The third-order valence-electron chi connectivity index (χ3n) is 3.71. The van der Waals surface area contributed by atoms with Crippen molar-refractivity contribution in [3.8, 4) is 5.75 Å². The fourth-order valence-corrected chi connectivity index (χ4v) is 3.12. The normalized spacial score (nSPS) is 23.7. The van der Waals surface area contributed by atoms with Crippen LogP contribution in [0.3, 0.4) is 0 Å². The Morgan fingerprint density at radius 1 is 1.47 bits per heavy atom. The van der Waals surface area contributed by atoms with E-state index in [0.717, 1.165) is 36.5 Å². The molecular weight excluding hydrogens is 304 g/mol. The molecule has 1 fully saturated rings. The van der Waals surface area contributed by atoms with Crippen LogP contribution in [0.25, 0.3) is 0 Å². The second-order valence-electron chi connectivity index (χ2n) is 5.67. The van der Waals surface area contributed by atoms with Gasteiger partial charge in [0.1, 0.15) is 12.4 Å². The number of hydrogen-bond acceptors (Lipinski definition) is 3. The molecule has 1 aliphatic rings. The molecule has 1 N–H and O–H groups in total. The van der Waals surface area contributed by atoms with Crippen molar-refractivity contribution in [3.05, 3.63) is 28.7 Å². The zero-order valence-corrected chi connectivity index (χ0v) is 13.4. The van der Waals surface area contributed by atoms with Crippen molar-refractivity contribution >= 4 is 15.9 Å². The molecule has 4 heteroatoms. The summed E-state index contributed by atoms with van der Waals surface area (Å²) >= 11 is 3.46. The molecule has 0 bridgehead atoms. The van der Waals surface area contributed by atoms with Gasteiger partial charge in [0.2, 0.25) is 0 Å². The third-order valence-corrected chi connectivity index (χ3v) is 4.21. The maximum absolute atomic E-state index is 5.79. The van der Waals surface area contributed by atoms with E-state index in [2.05, 4.69) is 33.1 Å². The summed E-state index contributed by atoms with van der Waals surface area (Å²) in [6.07, 6.45) is 1.27. The molecule has 0 spiro atoms. The molecule has 1 saturated heterocycles. The lowest BCUT2D eigenvalue weighted by atomic mass is 9.90. The SMILES string of the molecule is CNCC1(C)CCN(CCOc2cccc(Br)c2)C1. The molecule has 1 aromatic rings. The van der Waals surface area contributed by atoms with Crippen molar-refractivity contribution in [2.24, 2.45) is 5.41 Å². The summed E-state index contributed by atoms with van der Waals surface area (Å²) in [6.45, 7) is 7.56. The first-order valence-corrected chi connectivity index (χ1v) is 7.66. The Morgan fingerprint density at radius 3 is 3.05 bits per heavy atom. The van der Waals surface area contributed by atoms with Crippen molar-refractivity contribution in [2.75, 3.05) is 39.8 Å². The molecule has 0 aromatic heterocycles. The summed E-state index contributed by atoms with van der Waals surface area (Å²) in [6, 6.07) is 8.02. The first-order valence-electron chi connectivity index (χ1n) is 6.87. The minimum Gasteiger partial charge on any atom is -0.492 e. The van der Waals surface area contributed by atoms with E-state index in [0.29, 0.717) is 5.41 Å². The lowest BCUT2D eigenvalue weighted by molar-refractivity contribution is 0.216. The van der Waals surface area contributed by atoms with E-state index in [4.69, 9.17) is 4.74 Å². The van der Waals surface area contributed by atoms with Gasteiger partial charge in [0.05, 0.1) is 0 Å². The summed E-state index contributed by atoms with van der Waals surface area (Å²) < 4.78 is 6.85. The summed E-state index contributed by atoms with van der Waals surface area (Å²) in [5.74, 6) is 0.937. The van der Waals surface area contributed by atoms with Crippen LogP contribution in [0.1, 0.15) is 13.3 Å². The zero-order valence-electron chi connectivity index (χ0n) is 11.8. The van der Waals surface area contributed by atoms with Crippen LogP contribution in [0.5, 0.6) is 5.75 Å². The maximum atomic E-state index is 5.79. The van der Waals surface area contributed by atoms with Crippen LogP contribution < -0.4 is 10.1 Å². The fraction of sp³-hybridized carbons (Fsp3) is 0.600. The highest BCUT2D eigenvalue weighted by Crippen LogP contribution is 2.28. The highest BCUT2D eigenvalue weighted by Gasteiger charge is 2.32. The third kappa shape index (κ3) is 4.48. The van der Waals surface area contributed by atoms with Crippen LogP contribution in [0.4, 0.5) is 0 Å². The Morgan fingerprint density at radius 2 is 2.32 bits per heavy atom. The van der Waals surface area contributed by atoms with E-state index in [1.54, 1.807) is 0 Å². The number of likely N-dealkylation sites (tertiary alicyclic amines) is 1. The average Bonchev–Trinajstić information content (AvgIpc) is 2.72. The zero-order chi connectivity index (χ0) is 13.7. The van der Waals surface area contributed by atoms with Gasteiger partial charge in [0.25, 0.3) is 0 Å². The fourth-order valence-electron chi connectivity index (χ4n) is 2.74. The average molecular weight is 327 g/mol. The minimum atomic E-state index is 0.421. The highest BCUT2D eigenvalue weighted by atomic mass is 79.9. The largest absolute Gasteiger partial charge is 0.492 e. The van der Waals surface area contributed by atoms with Crippen LogP contribution in [0, 0.1) is 5.41 Å². The van der Waals surface area contributed by atoms with E-state index in [-0.39, 0.29) is 0 Å². The quantitative estimate of drug-likeness (QED) is 0.870. The van der Waals surface area contributed by atoms with Crippen LogP contribution >= 0.6 is 15.9 Å². The molecular formula is C15H23BrN2O. The van der Waals surface area contributed by atoms with Gasteiger partial charge in [-0.25, -0.2) is 0 Å². The van der Waals surface area contributed by atoms with Gasteiger partial charge in [-0.1, -0.05) is 28.9 Å². The molecule has 1 aromatic carbocycles. The van der Waals surface area contributed by atoms with Crippen LogP contribution in [-0.4, -0.2) is 44.7 Å². The monoisotopic (exact) mass is 326 g/mol. The van der Waals surface area contributed by atoms with Gasteiger partial charge in [-0.2, -0.15) is 0 Å². The molecule has 19 heavy (non-hydrogen) atoms. The van der Waals surface area contributed by atoms with E-state index in [1.165, 1.54) is 13.0 Å². The molecule has 1 heterocycles. The number of nitrogens with zero attached hydrogens (tertiary/aromatic N) is 1. The summed E-state index contributed by atoms with van der Waals surface area (Å²) in [4.78, 5) is 2.50. The smallest absolute Gasteiger partial charge is 0.120 e. The van der Waals surface area contributed by atoms with Gasteiger partial charge in [-0.15, -0.1) is 0 Å². The van der Waals surface area contributed by atoms with Crippen LogP contribution in [-0.2, 0) is 0 Å². The van der Waals surface area contributed by atoms with Crippen molar-refractivity contribution in [1.82, 2.24) is 10.2 Å². The number of benzene rings is 1. The van der Waals surface area contributed by atoms with Crippen LogP contribution in [0.2, 0.25) is 0 Å². The van der Waals surface area contributed by atoms with Crippen molar-refractivity contribution in [1.29, 1.82) is 0 Å². The van der Waals surface area contributed by atoms with E-state index < -0.39 is 0 Å². The Labute approximate surface area is 124 Å². The first-order chi connectivity index (χ1) is 9.11. The Bertz CT molecular complexity index is 413. The van der Waals surface area contributed by atoms with E-state index in [1.807, 2.05) is 31.3 Å². The number of ether oxygens (including phenoxy) is 1. The Hall–Kier alpha value is -0.580. The molecule has 1 unspecified atom stereocenters. The molecule has 3 nitrogen and oxygen atoms in total. The lowest BCUT2D eigenvalue weighted by Gasteiger charge is -2.24. The van der Waals surface area contributed by atoms with E-state index in [9.17, 15) is 0 Å². The second-order valence-corrected chi connectivity index (χ2v) is 6.59. The minimum absolute atomic E-state index is 0.421. The molecule has 0 radical (unpaired) electrons. The number of rotatable bonds is 6. The second kappa shape index (κ2) is 6.73. The lowest BCUT2D eigenvalue weighted by Crippen LogP contribution is -2.34. The number of hydrogen-bond donors (Lipinski definition) is 1. The number of halogens is 1. The number of nitrogens with one attached hydrogen (secondary N) is 1.